The first kappa shape index (κ1) is 15.4. The topological polar surface area (TPSA) is 62.5 Å². The number of hydrogen-bond donors (Lipinski definition) is 2. The lowest BCUT2D eigenvalue weighted by molar-refractivity contribution is -0.146. The van der Waals surface area contributed by atoms with Gasteiger partial charge in [-0.1, -0.05) is 6.92 Å². The largest absolute Gasteiger partial charge is 0.480 e. The molecule has 2 rings (SSSR count). The summed E-state index contributed by atoms with van der Waals surface area (Å²) in [6.45, 7) is 2.83. The lowest BCUT2D eigenvalue weighted by atomic mass is 9.81. The highest BCUT2D eigenvalue weighted by Crippen LogP contribution is 2.36. The van der Waals surface area contributed by atoms with Crippen LogP contribution < -0.4 is 5.32 Å². The third-order valence-corrected chi connectivity index (χ3v) is 5.19. The Morgan fingerprint density at radius 1 is 1.65 bits per heavy atom. The van der Waals surface area contributed by atoms with Crippen LogP contribution in [0, 0.1) is 0 Å². The monoisotopic (exact) mass is 297 g/mol. The first-order chi connectivity index (χ1) is 9.66. The molecule has 0 aromatic carbocycles. The highest BCUT2D eigenvalue weighted by Gasteiger charge is 2.42. The SMILES string of the molecule is CCCNC1(C(=O)O)CCCC(SCc2ccco2)C1. The van der Waals surface area contributed by atoms with Crippen molar-refractivity contribution in [3.63, 3.8) is 0 Å². The maximum absolute atomic E-state index is 11.7. The third-order valence-electron chi connectivity index (χ3n) is 3.87. The van der Waals surface area contributed by atoms with Gasteiger partial charge >= 0.3 is 5.97 Å². The highest BCUT2D eigenvalue weighted by atomic mass is 32.2. The van der Waals surface area contributed by atoms with Crippen LogP contribution in [0.1, 0.15) is 44.8 Å². The summed E-state index contributed by atoms with van der Waals surface area (Å²) < 4.78 is 5.34. The number of thioether (sulfide) groups is 1. The Labute approximate surface area is 124 Å². The summed E-state index contributed by atoms with van der Waals surface area (Å²) in [4.78, 5) is 11.7. The van der Waals surface area contributed by atoms with E-state index in [2.05, 4.69) is 12.2 Å². The van der Waals surface area contributed by atoms with Crippen molar-refractivity contribution in [2.45, 2.75) is 55.6 Å². The molecule has 0 saturated heterocycles. The van der Waals surface area contributed by atoms with E-state index < -0.39 is 11.5 Å². The predicted molar refractivity (Wildman–Crippen MR) is 80.9 cm³/mol. The molecule has 1 aromatic rings. The lowest BCUT2D eigenvalue weighted by Gasteiger charge is -2.38. The zero-order chi connectivity index (χ0) is 14.4. The first-order valence-electron chi connectivity index (χ1n) is 7.29. The molecule has 0 radical (unpaired) electrons. The van der Waals surface area contributed by atoms with Crippen LogP contribution in [-0.4, -0.2) is 28.4 Å². The van der Waals surface area contributed by atoms with Crippen molar-refractivity contribution in [2.24, 2.45) is 0 Å². The average molecular weight is 297 g/mol. The number of carbonyl (C=O) groups is 1. The third kappa shape index (κ3) is 3.79. The summed E-state index contributed by atoms with van der Waals surface area (Å²) in [6, 6.07) is 3.86. The van der Waals surface area contributed by atoms with Crippen LogP contribution in [0.3, 0.4) is 0 Å². The number of furan rings is 1. The van der Waals surface area contributed by atoms with Crippen molar-refractivity contribution in [3.8, 4) is 0 Å². The van der Waals surface area contributed by atoms with Gasteiger partial charge < -0.3 is 14.8 Å². The highest BCUT2D eigenvalue weighted by molar-refractivity contribution is 7.99. The number of nitrogens with one attached hydrogen (secondary N) is 1. The molecule has 1 aliphatic carbocycles. The van der Waals surface area contributed by atoms with Gasteiger partial charge in [-0.3, -0.25) is 4.79 Å². The fourth-order valence-electron chi connectivity index (χ4n) is 2.76. The van der Waals surface area contributed by atoms with E-state index in [-0.39, 0.29) is 0 Å². The molecule has 0 bridgehead atoms. The first-order valence-corrected chi connectivity index (χ1v) is 8.33. The molecule has 1 saturated carbocycles. The average Bonchev–Trinajstić information content (AvgIpc) is 2.96. The Hall–Kier alpha value is -0.940. The molecule has 2 N–H and O–H groups in total. The molecule has 0 aliphatic heterocycles. The van der Waals surface area contributed by atoms with Crippen LogP contribution in [0.15, 0.2) is 22.8 Å². The van der Waals surface area contributed by atoms with E-state index in [1.807, 2.05) is 23.9 Å². The predicted octanol–water partition coefficient (Wildman–Crippen LogP) is 3.28. The van der Waals surface area contributed by atoms with Crippen molar-refractivity contribution in [1.82, 2.24) is 5.32 Å². The minimum Gasteiger partial charge on any atom is -0.480 e. The van der Waals surface area contributed by atoms with E-state index in [1.54, 1.807) is 6.26 Å². The zero-order valence-electron chi connectivity index (χ0n) is 11.9. The quantitative estimate of drug-likeness (QED) is 0.808. The van der Waals surface area contributed by atoms with E-state index >= 15 is 0 Å². The van der Waals surface area contributed by atoms with Crippen LogP contribution in [0.5, 0.6) is 0 Å². The molecule has 2 atom stereocenters. The van der Waals surface area contributed by atoms with Crippen LogP contribution in [0.25, 0.3) is 0 Å². The van der Waals surface area contributed by atoms with Crippen LogP contribution in [0.4, 0.5) is 0 Å². The molecule has 112 valence electrons. The Morgan fingerprint density at radius 3 is 3.15 bits per heavy atom. The summed E-state index contributed by atoms with van der Waals surface area (Å²) in [5.41, 5.74) is -0.727. The van der Waals surface area contributed by atoms with Crippen molar-refractivity contribution >= 4 is 17.7 Å². The molecule has 1 fully saturated rings. The van der Waals surface area contributed by atoms with Crippen molar-refractivity contribution in [2.75, 3.05) is 6.54 Å². The second-order valence-corrected chi connectivity index (χ2v) is 6.71. The van der Waals surface area contributed by atoms with Gasteiger partial charge in [-0.05, 0) is 50.8 Å². The van der Waals surface area contributed by atoms with Gasteiger partial charge in [-0.15, -0.1) is 0 Å². The van der Waals surface area contributed by atoms with E-state index in [1.165, 1.54) is 0 Å². The second kappa shape index (κ2) is 7.18. The number of aliphatic carboxylic acids is 1. The fourth-order valence-corrected chi connectivity index (χ4v) is 4.06. The zero-order valence-corrected chi connectivity index (χ0v) is 12.7. The minimum absolute atomic E-state index is 0.384. The van der Waals surface area contributed by atoms with Crippen molar-refractivity contribution in [3.05, 3.63) is 24.2 Å². The van der Waals surface area contributed by atoms with Gasteiger partial charge in [0.25, 0.3) is 0 Å². The van der Waals surface area contributed by atoms with Gasteiger partial charge in [-0.2, -0.15) is 11.8 Å². The molecule has 1 heterocycles. The van der Waals surface area contributed by atoms with Crippen LogP contribution >= 0.6 is 11.8 Å². The number of hydrogen-bond acceptors (Lipinski definition) is 4. The number of carboxylic acid groups (broad SMARTS) is 1. The molecule has 2 unspecified atom stereocenters. The molecular weight excluding hydrogens is 274 g/mol. The summed E-state index contributed by atoms with van der Waals surface area (Å²) >= 11 is 1.81. The Bertz CT molecular complexity index is 421. The van der Waals surface area contributed by atoms with Crippen molar-refractivity contribution in [1.29, 1.82) is 0 Å². The normalized spacial score (nSPS) is 26.6. The molecule has 0 spiro atoms. The Kier molecular flexibility index (Phi) is 5.54. The molecule has 1 aliphatic rings. The summed E-state index contributed by atoms with van der Waals surface area (Å²) in [5.74, 6) is 1.08. The minimum atomic E-state index is -0.727. The molecule has 1 aromatic heterocycles. The van der Waals surface area contributed by atoms with E-state index in [9.17, 15) is 9.90 Å². The maximum atomic E-state index is 11.7. The van der Waals surface area contributed by atoms with E-state index in [0.29, 0.717) is 11.7 Å². The van der Waals surface area contributed by atoms with E-state index in [4.69, 9.17) is 4.42 Å². The van der Waals surface area contributed by atoms with Crippen molar-refractivity contribution < 1.29 is 14.3 Å². The number of rotatable bonds is 7. The molecule has 0 amide bonds. The van der Waals surface area contributed by atoms with Gasteiger partial charge in [0.05, 0.1) is 12.0 Å². The summed E-state index contributed by atoms with van der Waals surface area (Å²) in [7, 11) is 0. The fraction of sp³-hybridized carbons (Fsp3) is 0.667. The van der Waals surface area contributed by atoms with E-state index in [0.717, 1.165) is 43.7 Å². The smallest absolute Gasteiger partial charge is 0.323 e. The summed E-state index contributed by atoms with van der Waals surface area (Å²) in [5, 5.41) is 13.2. The van der Waals surface area contributed by atoms with Gasteiger partial charge in [0.15, 0.2) is 0 Å². The van der Waals surface area contributed by atoms with Gasteiger partial charge in [-0.25, -0.2) is 0 Å². The maximum Gasteiger partial charge on any atom is 0.323 e. The number of carboxylic acids is 1. The second-order valence-electron chi connectivity index (χ2n) is 5.42. The lowest BCUT2D eigenvalue weighted by Crippen LogP contribution is -2.55. The molecule has 20 heavy (non-hydrogen) atoms. The van der Waals surface area contributed by atoms with Gasteiger partial charge in [0.2, 0.25) is 0 Å². The molecule has 4 nitrogen and oxygen atoms in total. The summed E-state index contributed by atoms with van der Waals surface area (Å²) in [6.07, 6.45) is 6.14. The van der Waals surface area contributed by atoms with Gasteiger partial charge in [0, 0.05) is 5.25 Å². The van der Waals surface area contributed by atoms with Crippen LogP contribution in [-0.2, 0) is 10.5 Å². The molecular formula is C15H23NO3S. The standard InChI is InChI=1S/C15H23NO3S/c1-2-8-16-15(14(17)18)7-3-6-13(10-15)20-11-12-5-4-9-19-12/h4-5,9,13,16H,2-3,6-8,10-11H2,1H3,(H,17,18). The Morgan fingerprint density at radius 2 is 2.50 bits per heavy atom. The van der Waals surface area contributed by atoms with Gasteiger partial charge in [0.1, 0.15) is 11.3 Å². The Balaban J connectivity index is 1.92. The van der Waals surface area contributed by atoms with Crippen LogP contribution in [0.2, 0.25) is 0 Å². The molecule has 5 heteroatoms.